The molecule has 0 spiro atoms. The van der Waals surface area contributed by atoms with E-state index in [4.69, 9.17) is 5.73 Å². The zero-order chi connectivity index (χ0) is 9.84. The predicted octanol–water partition coefficient (Wildman–Crippen LogP) is 0.585. The number of aryl methyl sites for hydroxylation is 1. The van der Waals surface area contributed by atoms with Crippen molar-refractivity contribution >= 4 is 0 Å². The maximum absolute atomic E-state index is 12.1. The number of nitrogens with zero attached hydrogens (tertiary/aromatic N) is 1. The zero-order valence-electron chi connectivity index (χ0n) is 7.59. The van der Waals surface area contributed by atoms with Crippen LogP contribution >= 0.6 is 0 Å². The molecular weight excluding hydrogens is 171 g/mol. The highest BCUT2D eigenvalue weighted by Crippen LogP contribution is 1.97. The molecule has 0 fully saturated rings. The van der Waals surface area contributed by atoms with Crippen LogP contribution in [-0.4, -0.2) is 11.2 Å². The molecule has 72 valence electrons. The second kappa shape index (κ2) is 4.18. The number of aromatic nitrogens is 1. The molecule has 13 heavy (non-hydrogen) atoms. The Morgan fingerprint density at radius 1 is 1.54 bits per heavy atom. The molecule has 3 nitrogen and oxygen atoms in total. The van der Waals surface area contributed by atoms with Crippen LogP contribution < -0.4 is 11.3 Å². The number of nitrogens with two attached hydrogens (primary N) is 1. The molecule has 0 unspecified atom stereocenters. The Morgan fingerprint density at radius 2 is 2.23 bits per heavy atom. The maximum Gasteiger partial charge on any atom is 0.255 e. The number of halogens is 1. The van der Waals surface area contributed by atoms with E-state index in [2.05, 4.69) is 0 Å². The van der Waals surface area contributed by atoms with Crippen LogP contribution in [0.25, 0.3) is 0 Å². The fourth-order valence-corrected chi connectivity index (χ4v) is 1.23. The lowest BCUT2D eigenvalue weighted by atomic mass is 10.2. The van der Waals surface area contributed by atoms with Crippen LogP contribution in [0.3, 0.4) is 0 Å². The molecule has 0 bridgehead atoms. The summed E-state index contributed by atoms with van der Waals surface area (Å²) >= 11 is 0. The van der Waals surface area contributed by atoms with Crippen LogP contribution in [0.15, 0.2) is 16.9 Å². The van der Waals surface area contributed by atoms with Gasteiger partial charge in [-0.1, -0.05) is 6.07 Å². The molecule has 0 aliphatic heterocycles. The lowest BCUT2D eigenvalue weighted by molar-refractivity contribution is 0.435. The van der Waals surface area contributed by atoms with Gasteiger partial charge in [-0.2, -0.15) is 0 Å². The van der Waals surface area contributed by atoms with Crippen LogP contribution in [0.1, 0.15) is 11.3 Å². The van der Waals surface area contributed by atoms with Gasteiger partial charge in [-0.3, -0.25) is 4.79 Å². The van der Waals surface area contributed by atoms with E-state index in [0.29, 0.717) is 5.56 Å². The topological polar surface area (TPSA) is 48.0 Å². The summed E-state index contributed by atoms with van der Waals surface area (Å²) in [6, 6.07) is 3.46. The molecule has 0 radical (unpaired) electrons. The molecule has 4 heteroatoms. The molecule has 0 aromatic carbocycles. The van der Waals surface area contributed by atoms with Crippen LogP contribution in [0, 0.1) is 6.92 Å². The van der Waals surface area contributed by atoms with E-state index in [1.54, 1.807) is 19.1 Å². The van der Waals surface area contributed by atoms with Crippen molar-refractivity contribution in [2.45, 2.75) is 20.0 Å². The summed E-state index contributed by atoms with van der Waals surface area (Å²) in [5, 5.41) is 0. The van der Waals surface area contributed by atoms with Crippen molar-refractivity contribution in [3.05, 3.63) is 33.7 Å². The summed E-state index contributed by atoms with van der Waals surface area (Å²) in [6.45, 7) is 1.55. The molecule has 1 heterocycles. The minimum atomic E-state index is -0.533. The summed E-state index contributed by atoms with van der Waals surface area (Å²) in [7, 11) is 0. The quantitative estimate of drug-likeness (QED) is 0.747. The molecule has 0 aliphatic rings. The molecule has 1 rings (SSSR count). The largest absolute Gasteiger partial charge is 0.326 e. The summed E-state index contributed by atoms with van der Waals surface area (Å²) in [5.41, 5.74) is 6.47. The van der Waals surface area contributed by atoms with Gasteiger partial charge in [-0.25, -0.2) is 4.39 Å². The van der Waals surface area contributed by atoms with Crippen molar-refractivity contribution in [2.24, 2.45) is 5.73 Å². The molecule has 1 aromatic rings. The standard InChI is InChI=1S/C9H13FN2O/c1-7-2-3-8(6-11)9(13)12(7)5-4-10/h2-3H,4-6,11H2,1H3. The second-order valence-corrected chi connectivity index (χ2v) is 2.85. The average Bonchev–Trinajstić information content (AvgIpc) is 2.12. The lowest BCUT2D eigenvalue weighted by Crippen LogP contribution is -2.27. The first-order valence-electron chi connectivity index (χ1n) is 4.16. The number of hydrogen-bond donors (Lipinski definition) is 1. The van der Waals surface area contributed by atoms with E-state index in [1.807, 2.05) is 0 Å². The van der Waals surface area contributed by atoms with Gasteiger partial charge in [-0.05, 0) is 13.0 Å². The Hall–Kier alpha value is -1.16. The number of pyridine rings is 1. The number of hydrogen-bond acceptors (Lipinski definition) is 2. The third-order valence-electron chi connectivity index (χ3n) is 2.00. The zero-order valence-corrected chi connectivity index (χ0v) is 7.59. The van der Waals surface area contributed by atoms with E-state index < -0.39 is 6.67 Å². The predicted molar refractivity (Wildman–Crippen MR) is 49.3 cm³/mol. The van der Waals surface area contributed by atoms with Gasteiger partial charge in [0, 0.05) is 17.8 Å². The minimum absolute atomic E-state index is 0.110. The Kier molecular flexibility index (Phi) is 3.19. The van der Waals surface area contributed by atoms with E-state index >= 15 is 0 Å². The SMILES string of the molecule is Cc1ccc(CN)c(=O)n1CCF. The molecule has 0 amide bonds. The minimum Gasteiger partial charge on any atom is -0.326 e. The third-order valence-corrected chi connectivity index (χ3v) is 2.00. The maximum atomic E-state index is 12.1. The van der Waals surface area contributed by atoms with Crippen LogP contribution in [0.5, 0.6) is 0 Å². The van der Waals surface area contributed by atoms with Gasteiger partial charge in [0.25, 0.3) is 5.56 Å². The van der Waals surface area contributed by atoms with Gasteiger partial charge in [0.05, 0.1) is 6.54 Å². The molecular formula is C9H13FN2O. The van der Waals surface area contributed by atoms with Crippen LogP contribution in [0.2, 0.25) is 0 Å². The Bertz CT molecular complexity index is 346. The Morgan fingerprint density at radius 3 is 2.77 bits per heavy atom. The summed E-state index contributed by atoms with van der Waals surface area (Å²) < 4.78 is 13.5. The highest BCUT2D eigenvalue weighted by atomic mass is 19.1. The highest BCUT2D eigenvalue weighted by molar-refractivity contribution is 5.15. The molecule has 2 N–H and O–H groups in total. The van der Waals surface area contributed by atoms with Gasteiger partial charge < -0.3 is 10.3 Å². The molecule has 0 saturated carbocycles. The first-order chi connectivity index (χ1) is 6.20. The van der Waals surface area contributed by atoms with Gasteiger partial charge in [0.2, 0.25) is 0 Å². The average molecular weight is 184 g/mol. The first kappa shape index (κ1) is 9.92. The summed E-state index contributed by atoms with van der Waals surface area (Å²) in [5.74, 6) is 0. The molecule has 1 aromatic heterocycles. The van der Waals surface area contributed by atoms with Gasteiger partial charge in [0.15, 0.2) is 0 Å². The van der Waals surface area contributed by atoms with E-state index in [-0.39, 0.29) is 18.6 Å². The van der Waals surface area contributed by atoms with Crippen LogP contribution in [-0.2, 0) is 13.1 Å². The molecule has 0 saturated heterocycles. The third kappa shape index (κ3) is 1.95. The van der Waals surface area contributed by atoms with Crippen LogP contribution in [0.4, 0.5) is 4.39 Å². The molecule has 0 atom stereocenters. The Labute approximate surface area is 76.0 Å². The normalized spacial score (nSPS) is 10.4. The van der Waals surface area contributed by atoms with E-state index in [9.17, 15) is 9.18 Å². The molecule has 0 aliphatic carbocycles. The summed E-state index contributed by atoms with van der Waals surface area (Å²) in [6.07, 6.45) is 0. The fourth-order valence-electron chi connectivity index (χ4n) is 1.23. The fraction of sp³-hybridized carbons (Fsp3) is 0.444. The van der Waals surface area contributed by atoms with Gasteiger partial charge in [-0.15, -0.1) is 0 Å². The summed E-state index contributed by atoms with van der Waals surface area (Å²) in [4.78, 5) is 11.5. The monoisotopic (exact) mass is 184 g/mol. The highest BCUT2D eigenvalue weighted by Gasteiger charge is 2.03. The van der Waals surface area contributed by atoms with Crippen molar-refractivity contribution in [3.8, 4) is 0 Å². The van der Waals surface area contributed by atoms with Crippen molar-refractivity contribution < 1.29 is 4.39 Å². The van der Waals surface area contributed by atoms with Crippen molar-refractivity contribution in [1.82, 2.24) is 4.57 Å². The number of alkyl halides is 1. The Balaban J connectivity index is 3.22. The smallest absolute Gasteiger partial charge is 0.255 e. The van der Waals surface area contributed by atoms with Gasteiger partial charge in [0.1, 0.15) is 6.67 Å². The van der Waals surface area contributed by atoms with E-state index in [0.717, 1.165) is 5.69 Å². The second-order valence-electron chi connectivity index (χ2n) is 2.85. The van der Waals surface area contributed by atoms with Crippen molar-refractivity contribution in [2.75, 3.05) is 6.67 Å². The van der Waals surface area contributed by atoms with Crippen molar-refractivity contribution in [1.29, 1.82) is 0 Å². The first-order valence-corrected chi connectivity index (χ1v) is 4.16. The van der Waals surface area contributed by atoms with Crippen molar-refractivity contribution in [3.63, 3.8) is 0 Å². The van der Waals surface area contributed by atoms with E-state index in [1.165, 1.54) is 4.57 Å². The number of rotatable bonds is 3. The lowest BCUT2D eigenvalue weighted by Gasteiger charge is -2.08. The van der Waals surface area contributed by atoms with Gasteiger partial charge >= 0.3 is 0 Å².